The summed E-state index contributed by atoms with van der Waals surface area (Å²) in [6, 6.07) is 8.82. The molecule has 1 atom stereocenters. The van der Waals surface area contributed by atoms with Crippen LogP contribution in [0.1, 0.15) is 20.8 Å². The first-order chi connectivity index (χ1) is 8.00. The van der Waals surface area contributed by atoms with Crippen molar-refractivity contribution in [2.45, 2.75) is 32.4 Å². The van der Waals surface area contributed by atoms with Gasteiger partial charge in [-0.1, -0.05) is 0 Å². The topological polar surface area (TPSA) is 24.5 Å². The Morgan fingerprint density at radius 1 is 1.29 bits per heavy atom. The first-order valence-electron chi connectivity index (χ1n) is 6.17. The number of nitrogens with one attached hydrogen (secondary N) is 1. The molecule has 1 unspecified atom stereocenters. The number of benzene rings is 1. The van der Waals surface area contributed by atoms with Gasteiger partial charge in [-0.25, -0.2) is 0 Å². The quantitative estimate of drug-likeness (QED) is 0.849. The molecule has 1 saturated heterocycles. The predicted molar refractivity (Wildman–Crippen MR) is 71.9 cm³/mol. The molecular formula is C14H22N2O. The Hall–Kier alpha value is -1.22. The second kappa shape index (κ2) is 4.57. The van der Waals surface area contributed by atoms with Gasteiger partial charge in [0.05, 0.1) is 7.11 Å². The van der Waals surface area contributed by atoms with E-state index in [0.717, 1.165) is 18.8 Å². The molecule has 0 aromatic heterocycles. The van der Waals surface area contributed by atoms with Crippen molar-refractivity contribution in [3.63, 3.8) is 0 Å². The van der Waals surface area contributed by atoms with Crippen LogP contribution in [0.4, 0.5) is 5.69 Å². The van der Waals surface area contributed by atoms with Crippen molar-refractivity contribution in [3.05, 3.63) is 24.3 Å². The molecule has 2 rings (SSSR count). The standard InChI is InChI=1S/C14H22N2O/c1-11-9-16(10-14(2,3)15-11)12-5-7-13(17-4)8-6-12/h5-8,11,15H,9-10H2,1-4H3. The van der Waals surface area contributed by atoms with Crippen LogP contribution in [0.2, 0.25) is 0 Å². The summed E-state index contributed by atoms with van der Waals surface area (Å²) in [6.45, 7) is 8.81. The Morgan fingerprint density at radius 2 is 1.94 bits per heavy atom. The molecule has 3 nitrogen and oxygen atoms in total. The zero-order valence-electron chi connectivity index (χ0n) is 11.2. The van der Waals surface area contributed by atoms with Crippen LogP contribution < -0.4 is 15.0 Å². The zero-order chi connectivity index (χ0) is 12.5. The lowest BCUT2D eigenvalue weighted by Crippen LogP contribution is -2.61. The Kier molecular flexibility index (Phi) is 3.29. The molecule has 0 aliphatic carbocycles. The summed E-state index contributed by atoms with van der Waals surface area (Å²) in [5.41, 5.74) is 1.43. The Bertz CT molecular complexity index is 372. The summed E-state index contributed by atoms with van der Waals surface area (Å²) in [5.74, 6) is 0.913. The highest BCUT2D eigenvalue weighted by atomic mass is 16.5. The van der Waals surface area contributed by atoms with E-state index in [0.29, 0.717) is 6.04 Å². The lowest BCUT2D eigenvalue weighted by molar-refractivity contribution is 0.301. The molecule has 1 N–H and O–H groups in total. The van der Waals surface area contributed by atoms with E-state index in [1.807, 2.05) is 12.1 Å². The van der Waals surface area contributed by atoms with E-state index < -0.39 is 0 Å². The highest BCUT2D eigenvalue weighted by Crippen LogP contribution is 2.23. The van der Waals surface area contributed by atoms with Gasteiger partial charge in [-0.05, 0) is 45.0 Å². The Labute approximate surface area is 104 Å². The van der Waals surface area contributed by atoms with Crippen LogP contribution >= 0.6 is 0 Å². The minimum absolute atomic E-state index is 0.164. The largest absolute Gasteiger partial charge is 0.497 e. The normalized spacial score (nSPS) is 23.5. The average Bonchev–Trinajstić information content (AvgIpc) is 2.26. The van der Waals surface area contributed by atoms with E-state index in [2.05, 4.69) is 43.1 Å². The van der Waals surface area contributed by atoms with Gasteiger partial charge in [-0.15, -0.1) is 0 Å². The first kappa shape index (κ1) is 12.2. The number of rotatable bonds is 2. The van der Waals surface area contributed by atoms with Gasteiger partial charge >= 0.3 is 0 Å². The van der Waals surface area contributed by atoms with E-state index >= 15 is 0 Å². The highest BCUT2D eigenvalue weighted by molar-refractivity contribution is 5.50. The third-order valence-electron chi connectivity index (χ3n) is 3.16. The maximum Gasteiger partial charge on any atom is 0.119 e. The van der Waals surface area contributed by atoms with Crippen LogP contribution in [-0.2, 0) is 0 Å². The molecule has 1 fully saturated rings. The van der Waals surface area contributed by atoms with Crippen molar-refractivity contribution in [2.24, 2.45) is 0 Å². The van der Waals surface area contributed by atoms with Crippen LogP contribution in [0.15, 0.2) is 24.3 Å². The summed E-state index contributed by atoms with van der Waals surface area (Å²) in [7, 11) is 1.70. The van der Waals surface area contributed by atoms with Gasteiger partial charge in [0, 0.05) is 30.4 Å². The third kappa shape index (κ3) is 2.91. The van der Waals surface area contributed by atoms with Gasteiger partial charge in [-0.3, -0.25) is 0 Å². The minimum Gasteiger partial charge on any atom is -0.497 e. The number of hydrogen-bond donors (Lipinski definition) is 1. The monoisotopic (exact) mass is 234 g/mol. The predicted octanol–water partition coefficient (Wildman–Crippen LogP) is 2.27. The maximum absolute atomic E-state index is 5.19. The second-order valence-electron chi connectivity index (χ2n) is 5.51. The van der Waals surface area contributed by atoms with E-state index in [1.165, 1.54) is 5.69 Å². The average molecular weight is 234 g/mol. The number of methoxy groups -OCH3 is 1. The van der Waals surface area contributed by atoms with Crippen LogP contribution in [0.5, 0.6) is 5.75 Å². The van der Waals surface area contributed by atoms with E-state index in [1.54, 1.807) is 7.11 Å². The molecule has 1 aliphatic rings. The van der Waals surface area contributed by atoms with E-state index in [4.69, 9.17) is 4.74 Å². The van der Waals surface area contributed by atoms with Crippen molar-refractivity contribution in [3.8, 4) is 5.75 Å². The molecule has 0 saturated carbocycles. The SMILES string of the molecule is COc1ccc(N2CC(C)NC(C)(C)C2)cc1. The smallest absolute Gasteiger partial charge is 0.119 e. The number of ether oxygens (including phenoxy) is 1. The highest BCUT2D eigenvalue weighted by Gasteiger charge is 2.29. The molecular weight excluding hydrogens is 212 g/mol. The Balaban J connectivity index is 2.15. The fourth-order valence-corrected chi connectivity index (χ4v) is 2.62. The van der Waals surface area contributed by atoms with Crippen molar-refractivity contribution >= 4 is 5.69 Å². The molecule has 3 heteroatoms. The second-order valence-corrected chi connectivity index (χ2v) is 5.51. The molecule has 94 valence electrons. The van der Waals surface area contributed by atoms with Crippen molar-refractivity contribution in [2.75, 3.05) is 25.1 Å². The number of nitrogens with zero attached hydrogens (tertiary/aromatic N) is 1. The molecule has 0 bridgehead atoms. The van der Waals surface area contributed by atoms with Gasteiger partial charge in [0.2, 0.25) is 0 Å². The number of anilines is 1. The number of hydrogen-bond acceptors (Lipinski definition) is 3. The van der Waals surface area contributed by atoms with E-state index in [-0.39, 0.29) is 5.54 Å². The molecule has 17 heavy (non-hydrogen) atoms. The molecule has 0 amide bonds. The van der Waals surface area contributed by atoms with Gasteiger partial charge in [0.15, 0.2) is 0 Å². The van der Waals surface area contributed by atoms with Gasteiger partial charge in [-0.2, -0.15) is 0 Å². The van der Waals surface area contributed by atoms with Crippen molar-refractivity contribution in [1.82, 2.24) is 5.32 Å². The molecule has 1 heterocycles. The summed E-state index contributed by atoms with van der Waals surface area (Å²) in [6.07, 6.45) is 0. The van der Waals surface area contributed by atoms with Crippen molar-refractivity contribution < 1.29 is 4.74 Å². The zero-order valence-corrected chi connectivity index (χ0v) is 11.2. The summed E-state index contributed by atoms with van der Waals surface area (Å²) < 4.78 is 5.19. The Morgan fingerprint density at radius 3 is 2.47 bits per heavy atom. The molecule has 0 spiro atoms. The first-order valence-corrected chi connectivity index (χ1v) is 6.17. The van der Waals surface area contributed by atoms with Crippen LogP contribution in [0.25, 0.3) is 0 Å². The van der Waals surface area contributed by atoms with Crippen LogP contribution in [0, 0.1) is 0 Å². The van der Waals surface area contributed by atoms with E-state index in [9.17, 15) is 0 Å². The van der Waals surface area contributed by atoms with Gasteiger partial charge in [0.25, 0.3) is 0 Å². The van der Waals surface area contributed by atoms with Gasteiger partial charge < -0.3 is 15.0 Å². The fraction of sp³-hybridized carbons (Fsp3) is 0.571. The molecule has 1 aromatic rings. The molecule has 1 aliphatic heterocycles. The van der Waals surface area contributed by atoms with Crippen molar-refractivity contribution in [1.29, 1.82) is 0 Å². The third-order valence-corrected chi connectivity index (χ3v) is 3.16. The summed E-state index contributed by atoms with van der Waals surface area (Å²) in [5, 5.41) is 3.61. The van der Waals surface area contributed by atoms with Crippen LogP contribution in [0.3, 0.4) is 0 Å². The minimum atomic E-state index is 0.164. The fourth-order valence-electron chi connectivity index (χ4n) is 2.62. The maximum atomic E-state index is 5.19. The van der Waals surface area contributed by atoms with Gasteiger partial charge in [0.1, 0.15) is 5.75 Å². The molecule has 1 aromatic carbocycles. The summed E-state index contributed by atoms with van der Waals surface area (Å²) in [4.78, 5) is 2.43. The number of piperazine rings is 1. The summed E-state index contributed by atoms with van der Waals surface area (Å²) >= 11 is 0. The lowest BCUT2D eigenvalue weighted by Gasteiger charge is -2.44. The molecule has 0 radical (unpaired) electrons. The van der Waals surface area contributed by atoms with Crippen LogP contribution in [-0.4, -0.2) is 31.8 Å². The lowest BCUT2D eigenvalue weighted by atomic mass is 9.98.